The first-order valence-corrected chi connectivity index (χ1v) is 10.9. The zero-order valence-electron chi connectivity index (χ0n) is 17.4. The maximum atomic E-state index is 12.8. The van der Waals surface area contributed by atoms with Crippen molar-refractivity contribution in [1.82, 2.24) is 19.9 Å². The van der Waals surface area contributed by atoms with Crippen LogP contribution in [-0.4, -0.2) is 64.0 Å². The fraction of sp³-hybridized carbons (Fsp3) is 0.318. The Kier molecular flexibility index (Phi) is 6.22. The Morgan fingerprint density at radius 3 is 2.39 bits per heavy atom. The summed E-state index contributed by atoms with van der Waals surface area (Å²) < 4.78 is 5.49. The van der Waals surface area contributed by atoms with Gasteiger partial charge in [0.05, 0.1) is 5.69 Å². The van der Waals surface area contributed by atoms with Crippen LogP contribution in [0.2, 0.25) is 0 Å². The van der Waals surface area contributed by atoms with Crippen molar-refractivity contribution in [2.75, 3.05) is 31.1 Å². The summed E-state index contributed by atoms with van der Waals surface area (Å²) in [6.45, 7) is 5.70. The lowest BCUT2D eigenvalue weighted by Gasteiger charge is -2.35. The van der Waals surface area contributed by atoms with E-state index < -0.39 is 12.1 Å². The predicted molar refractivity (Wildman–Crippen MR) is 118 cm³/mol. The lowest BCUT2D eigenvalue weighted by molar-refractivity contribution is -0.140. The van der Waals surface area contributed by atoms with Gasteiger partial charge in [-0.15, -0.1) is 11.3 Å². The van der Waals surface area contributed by atoms with Crippen molar-refractivity contribution in [2.24, 2.45) is 0 Å². The molecule has 2 aromatic heterocycles. The lowest BCUT2D eigenvalue weighted by Crippen LogP contribution is -2.52. The Bertz CT molecular complexity index is 1050. The van der Waals surface area contributed by atoms with E-state index in [-0.39, 0.29) is 5.91 Å². The number of benzene rings is 1. The summed E-state index contributed by atoms with van der Waals surface area (Å²) in [6.07, 6.45) is 2.53. The molecule has 0 spiro atoms. The first-order chi connectivity index (χ1) is 15.0. The molecule has 4 rings (SSSR count). The summed E-state index contributed by atoms with van der Waals surface area (Å²) in [4.78, 5) is 42.7. The quantitative estimate of drug-likeness (QED) is 0.567. The molecule has 8 nitrogen and oxygen atoms in total. The minimum atomic E-state index is -0.867. The van der Waals surface area contributed by atoms with Gasteiger partial charge in [0.15, 0.2) is 6.10 Å². The molecule has 1 atom stereocenters. The van der Waals surface area contributed by atoms with Crippen LogP contribution in [0.1, 0.15) is 22.3 Å². The molecule has 9 heteroatoms. The molecule has 0 aliphatic carbocycles. The van der Waals surface area contributed by atoms with Gasteiger partial charge in [-0.05, 0) is 19.9 Å². The van der Waals surface area contributed by atoms with Crippen LogP contribution in [0, 0.1) is 6.92 Å². The van der Waals surface area contributed by atoms with Crippen LogP contribution in [0.15, 0.2) is 48.8 Å². The van der Waals surface area contributed by atoms with Crippen molar-refractivity contribution in [2.45, 2.75) is 20.0 Å². The number of aromatic nitrogens is 3. The van der Waals surface area contributed by atoms with E-state index in [1.807, 2.05) is 35.2 Å². The summed E-state index contributed by atoms with van der Waals surface area (Å²) in [5.74, 6) is -0.0641. The molecule has 31 heavy (non-hydrogen) atoms. The number of carbonyl (C=O) groups excluding carboxylic acids is 2. The van der Waals surface area contributed by atoms with Crippen molar-refractivity contribution < 1.29 is 14.3 Å². The fourth-order valence-electron chi connectivity index (χ4n) is 3.39. The zero-order valence-corrected chi connectivity index (χ0v) is 18.2. The Balaban J connectivity index is 1.35. The average Bonchev–Trinajstić information content (AvgIpc) is 3.21. The number of hydrogen-bond acceptors (Lipinski definition) is 8. The second-order valence-electron chi connectivity index (χ2n) is 7.21. The summed E-state index contributed by atoms with van der Waals surface area (Å²) in [6, 6.07) is 11.4. The first kappa shape index (κ1) is 20.9. The molecule has 1 aliphatic rings. The van der Waals surface area contributed by atoms with E-state index in [2.05, 4.69) is 15.0 Å². The lowest BCUT2D eigenvalue weighted by atomic mass is 10.2. The van der Waals surface area contributed by atoms with E-state index in [9.17, 15) is 9.59 Å². The van der Waals surface area contributed by atoms with Gasteiger partial charge in [-0.3, -0.25) is 4.79 Å². The highest BCUT2D eigenvalue weighted by Gasteiger charge is 2.29. The van der Waals surface area contributed by atoms with E-state index >= 15 is 0 Å². The van der Waals surface area contributed by atoms with Crippen molar-refractivity contribution in [3.05, 3.63) is 59.4 Å². The van der Waals surface area contributed by atoms with Crippen LogP contribution in [0.3, 0.4) is 0 Å². The standard InChI is InChI=1S/C22H23N5O3S/c1-15-18(31-19(25-15)17-7-4-3-5-8-17)21(29)30-16(2)20(28)26-11-13-27(14-12-26)22-23-9-6-10-24-22/h3-10,16H,11-14H2,1-2H3. The number of ether oxygens (including phenoxy) is 1. The summed E-state index contributed by atoms with van der Waals surface area (Å²) in [5, 5.41) is 0.753. The van der Waals surface area contributed by atoms with Gasteiger partial charge in [0, 0.05) is 44.1 Å². The molecule has 1 aromatic carbocycles. The highest BCUT2D eigenvalue weighted by atomic mass is 32.1. The van der Waals surface area contributed by atoms with E-state index in [1.54, 1.807) is 37.2 Å². The van der Waals surface area contributed by atoms with Crippen LogP contribution < -0.4 is 4.90 Å². The molecule has 3 aromatic rings. The van der Waals surface area contributed by atoms with E-state index in [4.69, 9.17) is 4.74 Å². The molecule has 1 aliphatic heterocycles. The number of nitrogens with zero attached hydrogens (tertiary/aromatic N) is 5. The molecule has 1 amide bonds. The van der Waals surface area contributed by atoms with E-state index in [0.717, 1.165) is 10.6 Å². The van der Waals surface area contributed by atoms with Crippen LogP contribution in [0.4, 0.5) is 5.95 Å². The monoisotopic (exact) mass is 437 g/mol. The summed E-state index contributed by atoms with van der Waals surface area (Å²) in [5.41, 5.74) is 1.55. The Morgan fingerprint density at radius 2 is 1.71 bits per heavy atom. The van der Waals surface area contributed by atoms with Crippen molar-refractivity contribution in [1.29, 1.82) is 0 Å². The van der Waals surface area contributed by atoms with Crippen LogP contribution in [0.5, 0.6) is 0 Å². The van der Waals surface area contributed by atoms with Gasteiger partial charge < -0.3 is 14.5 Å². The minimum absolute atomic E-state index is 0.201. The van der Waals surface area contributed by atoms with E-state index in [0.29, 0.717) is 42.7 Å². The smallest absolute Gasteiger partial charge is 0.351 e. The Morgan fingerprint density at radius 1 is 1.03 bits per heavy atom. The number of carbonyl (C=O) groups is 2. The molecule has 160 valence electrons. The Hall–Kier alpha value is -3.33. The average molecular weight is 438 g/mol. The maximum absolute atomic E-state index is 12.8. The Labute approximate surface area is 184 Å². The summed E-state index contributed by atoms with van der Waals surface area (Å²) >= 11 is 1.28. The van der Waals surface area contributed by atoms with Gasteiger partial charge in [0.2, 0.25) is 5.95 Å². The molecule has 1 unspecified atom stereocenters. The third-order valence-corrected chi connectivity index (χ3v) is 6.25. The second kappa shape index (κ2) is 9.22. The zero-order chi connectivity index (χ0) is 21.8. The number of piperazine rings is 1. The number of thiazole rings is 1. The molecule has 0 N–H and O–H groups in total. The van der Waals surface area contributed by atoms with Gasteiger partial charge in [-0.2, -0.15) is 0 Å². The number of rotatable bonds is 5. The number of esters is 1. The normalized spacial score (nSPS) is 14.9. The van der Waals surface area contributed by atoms with Gasteiger partial charge in [-0.1, -0.05) is 30.3 Å². The van der Waals surface area contributed by atoms with Gasteiger partial charge >= 0.3 is 5.97 Å². The third-order valence-electron chi connectivity index (χ3n) is 5.06. The number of amides is 1. The fourth-order valence-corrected chi connectivity index (χ4v) is 4.35. The maximum Gasteiger partial charge on any atom is 0.351 e. The second-order valence-corrected chi connectivity index (χ2v) is 8.21. The van der Waals surface area contributed by atoms with Crippen LogP contribution in [-0.2, 0) is 9.53 Å². The van der Waals surface area contributed by atoms with Gasteiger partial charge in [0.25, 0.3) is 5.91 Å². The third kappa shape index (κ3) is 4.72. The topological polar surface area (TPSA) is 88.5 Å². The minimum Gasteiger partial charge on any atom is -0.448 e. The predicted octanol–water partition coefficient (Wildman–Crippen LogP) is 2.80. The first-order valence-electron chi connectivity index (χ1n) is 10.1. The van der Waals surface area contributed by atoms with Crippen molar-refractivity contribution >= 4 is 29.2 Å². The van der Waals surface area contributed by atoms with E-state index in [1.165, 1.54) is 11.3 Å². The number of aryl methyl sites for hydroxylation is 1. The SMILES string of the molecule is Cc1nc(-c2ccccc2)sc1C(=O)OC(C)C(=O)N1CCN(c2ncccn2)CC1. The number of anilines is 1. The van der Waals surface area contributed by atoms with Crippen LogP contribution >= 0.6 is 11.3 Å². The molecule has 0 bridgehead atoms. The highest BCUT2D eigenvalue weighted by Crippen LogP contribution is 2.28. The molecule has 0 radical (unpaired) electrons. The molecule has 1 saturated heterocycles. The highest BCUT2D eigenvalue weighted by molar-refractivity contribution is 7.17. The molecule has 0 saturated carbocycles. The molecule has 1 fully saturated rings. The van der Waals surface area contributed by atoms with Gasteiger partial charge in [-0.25, -0.2) is 19.7 Å². The number of hydrogen-bond donors (Lipinski definition) is 0. The molecular formula is C22H23N5O3S. The molecule has 3 heterocycles. The summed E-state index contributed by atoms with van der Waals surface area (Å²) in [7, 11) is 0. The van der Waals surface area contributed by atoms with Crippen LogP contribution in [0.25, 0.3) is 10.6 Å². The van der Waals surface area contributed by atoms with Crippen molar-refractivity contribution in [3.63, 3.8) is 0 Å². The van der Waals surface area contributed by atoms with Crippen molar-refractivity contribution in [3.8, 4) is 10.6 Å². The molecular weight excluding hydrogens is 414 g/mol. The largest absolute Gasteiger partial charge is 0.448 e. The van der Waals surface area contributed by atoms with Gasteiger partial charge in [0.1, 0.15) is 9.88 Å².